The second kappa shape index (κ2) is 6.06. The summed E-state index contributed by atoms with van der Waals surface area (Å²) in [5, 5.41) is 12.3. The summed E-state index contributed by atoms with van der Waals surface area (Å²) in [6, 6.07) is 8.09. The van der Waals surface area contributed by atoms with Gasteiger partial charge in [-0.25, -0.2) is 0 Å². The lowest BCUT2D eigenvalue weighted by molar-refractivity contribution is -0.139. The molecule has 0 bridgehead atoms. The van der Waals surface area contributed by atoms with Gasteiger partial charge in [-0.3, -0.25) is 4.79 Å². The molecular formula is C15H22N2O2. The zero-order chi connectivity index (χ0) is 13.8. The van der Waals surface area contributed by atoms with Crippen molar-refractivity contribution in [2.75, 3.05) is 18.0 Å². The van der Waals surface area contributed by atoms with E-state index >= 15 is 0 Å². The number of para-hydroxylation sites is 1. The topological polar surface area (TPSA) is 52.6 Å². The Morgan fingerprint density at radius 1 is 1.42 bits per heavy atom. The molecule has 1 aromatic rings. The van der Waals surface area contributed by atoms with Gasteiger partial charge in [-0.1, -0.05) is 32.0 Å². The summed E-state index contributed by atoms with van der Waals surface area (Å²) < 4.78 is 0. The lowest BCUT2D eigenvalue weighted by Crippen LogP contribution is -2.43. The Balaban J connectivity index is 1.93. The molecule has 0 saturated carbocycles. The number of fused-ring (bicyclic) bond motifs is 1. The van der Waals surface area contributed by atoms with E-state index in [1.165, 1.54) is 11.3 Å². The number of anilines is 1. The molecule has 1 atom stereocenters. The van der Waals surface area contributed by atoms with Gasteiger partial charge in [0.05, 0.1) is 0 Å². The number of carboxylic acid groups (broad SMARTS) is 1. The van der Waals surface area contributed by atoms with E-state index in [1.54, 1.807) is 0 Å². The molecule has 2 rings (SSSR count). The molecule has 0 spiro atoms. The van der Waals surface area contributed by atoms with Crippen LogP contribution < -0.4 is 10.2 Å². The maximum atomic E-state index is 11.2. The van der Waals surface area contributed by atoms with Crippen LogP contribution in [0, 0.1) is 0 Å². The van der Waals surface area contributed by atoms with Crippen molar-refractivity contribution in [1.29, 1.82) is 0 Å². The van der Waals surface area contributed by atoms with Crippen molar-refractivity contribution in [2.45, 2.75) is 38.8 Å². The third-order valence-corrected chi connectivity index (χ3v) is 3.50. The van der Waals surface area contributed by atoms with Crippen LogP contribution in [-0.4, -0.2) is 36.2 Å². The molecule has 0 aliphatic carbocycles. The number of benzene rings is 1. The normalized spacial score (nSPS) is 15.6. The van der Waals surface area contributed by atoms with Gasteiger partial charge in [0, 0.05) is 24.8 Å². The van der Waals surface area contributed by atoms with Gasteiger partial charge in [0.2, 0.25) is 0 Å². The van der Waals surface area contributed by atoms with Crippen molar-refractivity contribution < 1.29 is 9.90 Å². The predicted octanol–water partition coefficient (Wildman–Crippen LogP) is 1.89. The fourth-order valence-corrected chi connectivity index (χ4v) is 2.60. The van der Waals surface area contributed by atoms with Gasteiger partial charge in [0.1, 0.15) is 6.04 Å². The van der Waals surface area contributed by atoms with Gasteiger partial charge in [0.25, 0.3) is 0 Å². The highest BCUT2D eigenvalue weighted by molar-refractivity contribution is 5.73. The van der Waals surface area contributed by atoms with Crippen molar-refractivity contribution in [3.8, 4) is 0 Å². The number of aliphatic carboxylic acids is 1. The molecule has 1 aromatic carbocycles. The summed E-state index contributed by atoms with van der Waals surface area (Å²) in [4.78, 5) is 13.5. The molecule has 19 heavy (non-hydrogen) atoms. The summed E-state index contributed by atoms with van der Waals surface area (Å²) in [7, 11) is 0. The Kier molecular flexibility index (Phi) is 4.43. The largest absolute Gasteiger partial charge is 0.480 e. The predicted molar refractivity (Wildman–Crippen MR) is 76.7 cm³/mol. The number of nitrogens with one attached hydrogen (secondary N) is 1. The molecule has 1 aliphatic heterocycles. The molecule has 0 saturated heterocycles. The minimum atomic E-state index is -0.763. The van der Waals surface area contributed by atoms with Crippen LogP contribution in [0.5, 0.6) is 0 Å². The Bertz CT molecular complexity index is 446. The molecule has 1 aliphatic rings. The third kappa shape index (κ3) is 3.47. The quantitative estimate of drug-likeness (QED) is 0.822. The first-order chi connectivity index (χ1) is 9.08. The molecule has 4 heteroatoms. The van der Waals surface area contributed by atoms with E-state index in [4.69, 9.17) is 0 Å². The Hall–Kier alpha value is -1.55. The Morgan fingerprint density at radius 2 is 2.16 bits per heavy atom. The zero-order valence-electron chi connectivity index (χ0n) is 11.6. The third-order valence-electron chi connectivity index (χ3n) is 3.50. The maximum Gasteiger partial charge on any atom is 0.320 e. The van der Waals surface area contributed by atoms with Crippen LogP contribution in [0.15, 0.2) is 24.3 Å². The highest BCUT2D eigenvalue weighted by Gasteiger charge is 2.22. The fraction of sp³-hybridized carbons (Fsp3) is 0.533. The lowest BCUT2D eigenvalue weighted by atomic mass is 10.1. The molecule has 0 amide bonds. The van der Waals surface area contributed by atoms with Gasteiger partial charge in [0.15, 0.2) is 0 Å². The van der Waals surface area contributed by atoms with E-state index in [0.29, 0.717) is 6.42 Å². The number of carbonyl (C=O) groups is 1. The lowest BCUT2D eigenvalue weighted by Gasteiger charge is -2.23. The molecule has 4 nitrogen and oxygen atoms in total. The van der Waals surface area contributed by atoms with Crippen LogP contribution in [0.4, 0.5) is 5.69 Å². The van der Waals surface area contributed by atoms with Crippen molar-refractivity contribution in [3.05, 3.63) is 29.8 Å². The summed E-state index contributed by atoms with van der Waals surface area (Å²) in [5.74, 6) is -0.763. The SMILES string of the molecule is CC(C)NC(CCN1CCc2ccccc21)C(=O)O. The maximum absolute atomic E-state index is 11.2. The first-order valence-corrected chi connectivity index (χ1v) is 6.89. The average Bonchev–Trinajstić information content (AvgIpc) is 2.77. The molecule has 1 unspecified atom stereocenters. The van der Waals surface area contributed by atoms with Crippen LogP contribution in [0.3, 0.4) is 0 Å². The highest BCUT2D eigenvalue weighted by atomic mass is 16.4. The molecule has 1 heterocycles. The van der Waals surface area contributed by atoms with E-state index in [9.17, 15) is 9.90 Å². The summed E-state index contributed by atoms with van der Waals surface area (Å²) >= 11 is 0. The molecule has 0 fully saturated rings. The number of hydrogen-bond donors (Lipinski definition) is 2. The van der Waals surface area contributed by atoms with E-state index in [-0.39, 0.29) is 6.04 Å². The van der Waals surface area contributed by atoms with Crippen LogP contribution in [0.2, 0.25) is 0 Å². The number of carboxylic acids is 1. The number of hydrogen-bond acceptors (Lipinski definition) is 3. The smallest absolute Gasteiger partial charge is 0.320 e. The van der Waals surface area contributed by atoms with Crippen LogP contribution >= 0.6 is 0 Å². The molecule has 0 radical (unpaired) electrons. The minimum absolute atomic E-state index is 0.187. The standard InChI is InChI=1S/C15H22N2O2/c1-11(2)16-13(15(18)19)8-10-17-9-7-12-5-3-4-6-14(12)17/h3-6,11,13,16H,7-10H2,1-2H3,(H,18,19). The van der Waals surface area contributed by atoms with E-state index < -0.39 is 12.0 Å². The monoisotopic (exact) mass is 262 g/mol. The van der Waals surface area contributed by atoms with E-state index in [0.717, 1.165) is 19.5 Å². The number of nitrogens with zero attached hydrogens (tertiary/aromatic N) is 1. The molecule has 0 aromatic heterocycles. The first-order valence-electron chi connectivity index (χ1n) is 6.89. The van der Waals surface area contributed by atoms with Crippen molar-refractivity contribution in [1.82, 2.24) is 5.32 Å². The van der Waals surface area contributed by atoms with E-state index in [2.05, 4.69) is 28.4 Å². The second-order valence-electron chi connectivity index (χ2n) is 5.37. The van der Waals surface area contributed by atoms with Crippen LogP contribution in [0.25, 0.3) is 0 Å². The van der Waals surface area contributed by atoms with Crippen LogP contribution in [-0.2, 0) is 11.2 Å². The van der Waals surface area contributed by atoms with Gasteiger partial charge in [-0.15, -0.1) is 0 Å². The van der Waals surface area contributed by atoms with Gasteiger partial charge in [-0.2, -0.15) is 0 Å². The zero-order valence-corrected chi connectivity index (χ0v) is 11.6. The molecule has 2 N–H and O–H groups in total. The summed E-state index contributed by atoms with van der Waals surface area (Å²) in [6.45, 7) is 5.73. The average molecular weight is 262 g/mol. The Morgan fingerprint density at radius 3 is 2.84 bits per heavy atom. The molecular weight excluding hydrogens is 240 g/mol. The summed E-state index contributed by atoms with van der Waals surface area (Å²) in [5.41, 5.74) is 2.63. The van der Waals surface area contributed by atoms with Gasteiger partial charge >= 0.3 is 5.97 Å². The summed E-state index contributed by atoms with van der Waals surface area (Å²) in [6.07, 6.45) is 1.69. The minimum Gasteiger partial charge on any atom is -0.480 e. The van der Waals surface area contributed by atoms with Crippen molar-refractivity contribution in [2.24, 2.45) is 0 Å². The van der Waals surface area contributed by atoms with Crippen molar-refractivity contribution >= 4 is 11.7 Å². The van der Waals surface area contributed by atoms with Gasteiger partial charge < -0.3 is 15.3 Å². The van der Waals surface area contributed by atoms with Crippen LogP contribution in [0.1, 0.15) is 25.8 Å². The molecule has 104 valence electrons. The van der Waals surface area contributed by atoms with E-state index in [1.807, 2.05) is 19.9 Å². The first kappa shape index (κ1) is 13.9. The number of rotatable bonds is 6. The highest BCUT2D eigenvalue weighted by Crippen LogP contribution is 2.27. The second-order valence-corrected chi connectivity index (χ2v) is 5.37. The Labute approximate surface area is 114 Å². The fourth-order valence-electron chi connectivity index (χ4n) is 2.60. The van der Waals surface area contributed by atoms with Crippen molar-refractivity contribution in [3.63, 3.8) is 0 Å². The van der Waals surface area contributed by atoms with Gasteiger partial charge in [-0.05, 0) is 24.5 Å².